The van der Waals surface area contributed by atoms with Crippen molar-refractivity contribution >= 4 is 23.9 Å². The first kappa shape index (κ1) is 30.4. The SMILES string of the molecule is O=C(O)CN(CCOCCOCCN(CC(=O)O)CC(=O)O)CC(=O)O.[NH4+].[NH4+]. The summed E-state index contributed by atoms with van der Waals surface area (Å²) in [6.45, 7) is -0.790. The van der Waals surface area contributed by atoms with Crippen LogP contribution < -0.4 is 12.3 Å². The molecule has 0 aromatic rings. The van der Waals surface area contributed by atoms with E-state index in [1.165, 1.54) is 9.80 Å². The van der Waals surface area contributed by atoms with E-state index in [-0.39, 0.29) is 51.8 Å². The van der Waals surface area contributed by atoms with Crippen LogP contribution in [0.4, 0.5) is 0 Å². The number of hydrogen-bond acceptors (Lipinski definition) is 8. The number of nitrogens with zero attached hydrogens (tertiary/aromatic N) is 2. The minimum Gasteiger partial charge on any atom is -0.480 e. The molecule has 0 rings (SSSR count). The van der Waals surface area contributed by atoms with Gasteiger partial charge in [-0.05, 0) is 0 Å². The van der Waals surface area contributed by atoms with Crippen LogP contribution in [-0.2, 0) is 28.7 Å². The Bertz CT molecular complexity index is 403. The molecule has 0 fully saturated rings. The molecule has 14 heteroatoms. The number of carboxylic acid groups (broad SMARTS) is 4. The highest BCUT2D eigenvalue weighted by Gasteiger charge is 2.14. The summed E-state index contributed by atoms with van der Waals surface area (Å²) in [6.07, 6.45) is 0. The van der Waals surface area contributed by atoms with Gasteiger partial charge in [0, 0.05) is 13.1 Å². The standard InChI is InChI=1S/C14H24N2O10.2H3N/c17-11(18)7-15(8-12(19)20)1-3-25-5-6-26-4-2-16(9-13(21)22)10-14(23)24;;/h1-10H2,(H,17,18)(H,19,20)(H,21,22)(H,23,24);2*1H3/p+2. The highest BCUT2D eigenvalue weighted by atomic mass is 16.5. The second kappa shape index (κ2) is 18.0. The zero-order valence-electron chi connectivity index (χ0n) is 16.2. The van der Waals surface area contributed by atoms with Crippen molar-refractivity contribution in [2.24, 2.45) is 0 Å². The van der Waals surface area contributed by atoms with E-state index in [9.17, 15) is 19.2 Å². The molecule has 0 aromatic carbocycles. The molecule has 0 unspecified atom stereocenters. The van der Waals surface area contributed by atoms with Gasteiger partial charge in [0.15, 0.2) is 0 Å². The van der Waals surface area contributed by atoms with Gasteiger partial charge in [-0.15, -0.1) is 0 Å². The normalized spacial score (nSPS) is 10.2. The van der Waals surface area contributed by atoms with Gasteiger partial charge in [0.25, 0.3) is 0 Å². The quantitative estimate of drug-likeness (QED) is 0.152. The van der Waals surface area contributed by atoms with Crippen molar-refractivity contribution in [2.75, 3.05) is 65.7 Å². The first-order chi connectivity index (χ1) is 12.2. The Morgan fingerprint density at radius 3 is 1.00 bits per heavy atom. The average Bonchev–Trinajstić information content (AvgIpc) is 2.47. The van der Waals surface area contributed by atoms with Crippen LogP contribution in [0.25, 0.3) is 0 Å². The predicted octanol–water partition coefficient (Wildman–Crippen LogP) is -1.29. The molecule has 0 saturated carbocycles. The Kier molecular flexibility index (Phi) is 19.6. The monoisotopic (exact) mass is 416 g/mol. The largest absolute Gasteiger partial charge is 0.480 e. The number of hydrogen-bond donors (Lipinski definition) is 6. The van der Waals surface area contributed by atoms with Gasteiger partial charge in [-0.25, -0.2) is 0 Å². The van der Waals surface area contributed by atoms with Crippen molar-refractivity contribution in [3.8, 4) is 0 Å². The molecule has 0 aliphatic carbocycles. The van der Waals surface area contributed by atoms with E-state index in [1.54, 1.807) is 0 Å². The zero-order valence-corrected chi connectivity index (χ0v) is 16.2. The van der Waals surface area contributed by atoms with Gasteiger partial charge >= 0.3 is 23.9 Å². The Morgan fingerprint density at radius 1 is 0.536 bits per heavy atom. The van der Waals surface area contributed by atoms with Crippen LogP contribution in [0, 0.1) is 0 Å². The van der Waals surface area contributed by atoms with Gasteiger partial charge in [0.05, 0.1) is 52.6 Å². The zero-order chi connectivity index (χ0) is 19.9. The van der Waals surface area contributed by atoms with Gasteiger partial charge in [-0.1, -0.05) is 0 Å². The van der Waals surface area contributed by atoms with Crippen LogP contribution in [0.15, 0.2) is 0 Å². The summed E-state index contributed by atoms with van der Waals surface area (Å²) in [5.74, 6) is -4.55. The molecule has 166 valence electrons. The van der Waals surface area contributed by atoms with E-state index in [1.807, 2.05) is 0 Å². The fourth-order valence-electron chi connectivity index (χ4n) is 1.90. The van der Waals surface area contributed by atoms with Crippen molar-refractivity contribution in [3.63, 3.8) is 0 Å². The molecule has 0 aliphatic rings. The molecule has 0 aromatic heterocycles. The van der Waals surface area contributed by atoms with E-state index < -0.39 is 50.1 Å². The lowest BCUT2D eigenvalue weighted by Crippen LogP contribution is -2.37. The van der Waals surface area contributed by atoms with Gasteiger partial charge in [0.2, 0.25) is 0 Å². The van der Waals surface area contributed by atoms with Crippen LogP contribution in [0.2, 0.25) is 0 Å². The Labute approximate surface area is 161 Å². The Balaban J connectivity index is -0.00000312. The maximum atomic E-state index is 10.6. The molecule has 0 radical (unpaired) electrons. The molecule has 0 bridgehead atoms. The van der Waals surface area contributed by atoms with Gasteiger partial charge in [-0.3, -0.25) is 29.0 Å². The van der Waals surface area contributed by atoms with Crippen molar-refractivity contribution in [1.82, 2.24) is 22.1 Å². The molecule has 12 N–H and O–H groups in total. The topological polar surface area (TPSA) is 247 Å². The van der Waals surface area contributed by atoms with Crippen LogP contribution in [0.5, 0.6) is 0 Å². The summed E-state index contributed by atoms with van der Waals surface area (Å²) < 4.78 is 10.4. The van der Waals surface area contributed by atoms with Crippen LogP contribution in [0.3, 0.4) is 0 Å². The Hall–Kier alpha value is -2.36. The number of carboxylic acids is 4. The van der Waals surface area contributed by atoms with Crippen molar-refractivity contribution in [3.05, 3.63) is 0 Å². The molecule has 0 aliphatic heterocycles. The molecule has 0 heterocycles. The molecule has 14 nitrogen and oxygen atoms in total. The third kappa shape index (κ3) is 20.0. The number of carbonyl (C=O) groups is 4. The van der Waals surface area contributed by atoms with E-state index in [4.69, 9.17) is 29.9 Å². The average molecular weight is 416 g/mol. The summed E-state index contributed by atoms with van der Waals surface area (Å²) in [4.78, 5) is 44.9. The molecular weight excluding hydrogens is 384 g/mol. The van der Waals surface area contributed by atoms with Crippen molar-refractivity contribution in [2.45, 2.75) is 0 Å². The van der Waals surface area contributed by atoms with E-state index in [0.717, 1.165) is 0 Å². The van der Waals surface area contributed by atoms with Gasteiger partial charge < -0.3 is 42.2 Å². The third-order valence-corrected chi connectivity index (χ3v) is 2.91. The van der Waals surface area contributed by atoms with Crippen LogP contribution in [0.1, 0.15) is 0 Å². The first-order valence-electron chi connectivity index (χ1n) is 7.68. The fourth-order valence-corrected chi connectivity index (χ4v) is 1.90. The number of aliphatic carboxylic acids is 4. The third-order valence-electron chi connectivity index (χ3n) is 2.91. The smallest absolute Gasteiger partial charge is 0.317 e. The minimum atomic E-state index is -1.14. The van der Waals surface area contributed by atoms with E-state index >= 15 is 0 Å². The van der Waals surface area contributed by atoms with Crippen LogP contribution in [-0.4, -0.2) is 120 Å². The lowest BCUT2D eigenvalue weighted by Gasteiger charge is -2.18. The molecule has 0 atom stereocenters. The summed E-state index contributed by atoms with van der Waals surface area (Å²) in [7, 11) is 0. The summed E-state index contributed by atoms with van der Waals surface area (Å²) in [6, 6.07) is 0. The highest BCUT2D eigenvalue weighted by Crippen LogP contribution is 1.92. The fraction of sp³-hybridized carbons (Fsp3) is 0.714. The van der Waals surface area contributed by atoms with Crippen molar-refractivity contribution in [1.29, 1.82) is 0 Å². The maximum Gasteiger partial charge on any atom is 0.317 e. The van der Waals surface area contributed by atoms with Crippen molar-refractivity contribution < 1.29 is 49.1 Å². The summed E-state index contributed by atoms with van der Waals surface area (Å²) >= 11 is 0. The number of quaternary nitrogens is 2. The Morgan fingerprint density at radius 2 is 0.786 bits per heavy atom. The number of ether oxygens (including phenoxy) is 2. The predicted molar refractivity (Wildman–Crippen MR) is 97.0 cm³/mol. The molecule has 0 amide bonds. The van der Waals surface area contributed by atoms with Gasteiger partial charge in [-0.2, -0.15) is 0 Å². The van der Waals surface area contributed by atoms with E-state index in [0.29, 0.717) is 0 Å². The maximum absolute atomic E-state index is 10.6. The summed E-state index contributed by atoms with van der Waals surface area (Å²) in [5.41, 5.74) is 0. The van der Waals surface area contributed by atoms with Gasteiger partial charge in [0.1, 0.15) is 0 Å². The lowest BCUT2D eigenvalue weighted by atomic mass is 10.4. The van der Waals surface area contributed by atoms with Crippen LogP contribution >= 0.6 is 0 Å². The second-order valence-corrected chi connectivity index (χ2v) is 5.22. The second-order valence-electron chi connectivity index (χ2n) is 5.22. The van der Waals surface area contributed by atoms with E-state index in [2.05, 4.69) is 0 Å². The first-order valence-corrected chi connectivity index (χ1v) is 7.68. The summed E-state index contributed by atoms with van der Waals surface area (Å²) in [5, 5.41) is 34.7. The molecule has 0 saturated heterocycles. The highest BCUT2D eigenvalue weighted by molar-refractivity contribution is 5.73. The molecule has 28 heavy (non-hydrogen) atoms. The minimum absolute atomic E-state index is 0. The molecule has 0 spiro atoms. The number of rotatable bonds is 17. The lowest BCUT2D eigenvalue weighted by molar-refractivity contribution is -0.144. The molecular formula is C14H32N4O10+2.